The summed E-state index contributed by atoms with van der Waals surface area (Å²) in [5.74, 6) is 0.346. The summed E-state index contributed by atoms with van der Waals surface area (Å²) in [6, 6.07) is 11.8. The molecule has 3 aromatic rings. The number of nitrogens with zero attached hydrogens (tertiary/aromatic N) is 4. The highest BCUT2D eigenvalue weighted by atomic mass is 16.2. The van der Waals surface area contributed by atoms with E-state index in [2.05, 4.69) is 21.4 Å². The molecule has 2 aromatic heterocycles. The van der Waals surface area contributed by atoms with Gasteiger partial charge in [0.15, 0.2) is 0 Å². The van der Waals surface area contributed by atoms with Crippen molar-refractivity contribution in [1.82, 2.24) is 19.4 Å². The molecular weight excluding hydrogens is 390 g/mol. The Hall–Kier alpha value is -3.48. The second kappa shape index (κ2) is 7.34. The zero-order valence-corrected chi connectivity index (χ0v) is 17.5. The standard InChI is InChI=1S/C24H25N5O2/c1-3-21(30)28-11-10-24(15-28)12-18(13-24)29-20-7-5-4-6-19(20)26-23(29)27-22(31)17-9-8-16(2)25-14-17/h3-9,14,18H,1,10-13,15H2,2H3,(H,26,27,31)/t18-,24-. The third kappa shape index (κ3) is 3.40. The molecule has 2 fully saturated rings. The summed E-state index contributed by atoms with van der Waals surface area (Å²) in [4.78, 5) is 35.6. The smallest absolute Gasteiger partial charge is 0.259 e. The predicted octanol–water partition coefficient (Wildman–Crippen LogP) is 3.73. The second-order valence-corrected chi connectivity index (χ2v) is 8.71. The average Bonchev–Trinajstić information content (AvgIpc) is 3.34. The summed E-state index contributed by atoms with van der Waals surface area (Å²) in [7, 11) is 0. The van der Waals surface area contributed by atoms with Crippen LogP contribution in [0.3, 0.4) is 0 Å². The van der Waals surface area contributed by atoms with Crippen LogP contribution in [-0.2, 0) is 4.79 Å². The van der Waals surface area contributed by atoms with Crippen molar-refractivity contribution in [3.63, 3.8) is 0 Å². The summed E-state index contributed by atoms with van der Waals surface area (Å²) in [5, 5.41) is 3.00. The zero-order valence-electron chi connectivity index (χ0n) is 17.5. The molecular formula is C24H25N5O2. The molecule has 0 radical (unpaired) electrons. The number of aryl methyl sites for hydroxylation is 1. The van der Waals surface area contributed by atoms with Crippen LogP contribution < -0.4 is 5.32 Å². The van der Waals surface area contributed by atoms with Crippen LogP contribution in [0.25, 0.3) is 11.0 Å². The number of rotatable bonds is 4. The van der Waals surface area contributed by atoms with Gasteiger partial charge in [-0.15, -0.1) is 0 Å². The number of amides is 2. The van der Waals surface area contributed by atoms with E-state index in [1.54, 1.807) is 12.3 Å². The van der Waals surface area contributed by atoms with E-state index in [0.717, 1.165) is 49.1 Å². The monoisotopic (exact) mass is 415 g/mol. The molecule has 158 valence electrons. The minimum Gasteiger partial charge on any atom is -0.339 e. The van der Waals surface area contributed by atoms with Crippen molar-refractivity contribution < 1.29 is 9.59 Å². The number of anilines is 1. The molecule has 31 heavy (non-hydrogen) atoms. The molecule has 5 rings (SSSR count). The Morgan fingerprint density at radius 1 is 1.23 bits per heavy atom. The molecule has 7 heteroatoms. The lowest BCUT2D eigenvalue weighted by Crippen LogP contribution is -2.42. The van der Waals surface area contributed by atoms with Gasteiger partial charge in [0, 0.05) is 31.0 Å². The lowest BCUT2D eigenvalue weighted by atomic mass is 9.65. The molecule has 1 saturated heterocycles. The number of hydrogen-bond acceptors (Lipinski definition) is 4. The molecule has 7 nitrogen and oxygen atoms in total. The number of hydrogen-bond donors (Lipinski definition) is 1. The van der Waals surface area contributed by atoms with Crippen molar-refractivity contribution in [3.05, 3.63) is 66.5 Å². The van der Waals surface area contributed by atoms with Crippen LogP contribution in [0.4, 0.5) is 5.95 Å². The quantitative estimate of drug-likeness (QED) is 0.659. The predicted molar refractivity (Wildman–Crippen MR) is 119 cm³/mol. The number of imidazole rings is 1. The minimum absolute atomic E-state index is 0.00747. The fourth-order valence-electron chi connectivity index (χ4n) is 4.99. The topological polar surface area (TPSA) is 80.1 Å². The van der Waals surface area contributed by atoms with Crippen LogP contribution >= 0.6 is 0 Å². The van der Waals surface area contributed by atoms with Crippen LogP contribution in [0.2, 0.25) is 0 Å². The summed E-state index contributed by atoms with van der Waals surface area (Å²) >= 11 is 0. The molecule has 2 aliphatic rings. The lowest BCUT2D eigenvalue weighted by Gasteiger charge is -2.46. The normalized spacial score (nSPS) is 22.5. The number of carbonyl (C=O) groups excluding carboxylic acids is 2. The van der Waals surface area contributed by atoms with Crippen molar-refractivity contribution in [2.75, 3.05) is 18.4 Å². The number of benzene rings is 1. The Labute approximate surface area is 180 Å². The molecule has 1 spiro atoms. The van der Waals surface area contributed by atoms with Gasteiger partial charge in [0.1, 0.15) is 0 Å². The zero-order chi connectivity index (χ0) is 21.6. The van der Waals surface area contributed by atoms with Gasteiger partial charge in [-0.25, -0.2) is 4.98 Å². The SMILES string of the molecule is C=CC(=O)N1CC[C@]2(C1)C[C@H](n1c(NC(=O)c3ccc(C)nc3)nc3ccccc31)C2. The highest BCUT2D eigenvalue weighted by Gasteiger charge is 2.50. The molecule has 1 aliphatic heterocycles. The van der Waals surface area contributed by atoms with Crippen LogP contribution in [0.1, 0.15) is 41.4 Å². The number of pyridine rings is 1. The van der Waals surface area contributed by atoms with Gasteiger partial charge in [-0.05, 0) is 61.9 Å². The maximum absolute atomic E-state index is 12.8. The number of carbonyl (C=O) groups is 2. The maximum Gasteiger partial charge on any atom is 0.259 e. The second-order valence-electron chi connectivity index (χ2n) is 8.71. The maximum atomic E-state index is 12.8. The summed E-state index contributed by atoms with van der Waals surface area (Å²) in [6.07, 6.45) is 5.91. The van der Waals surface area contributed by atoms with E-state index in [0.29, 0.717) is 11.5 Å². The van der Waals surface area contributed by atoms with E-state index in [4.69, 9.17) is 4.98 Å². The minimum atomic E-state index is -0.221. The Balaban J connectivity index is 1.40. The van der Waals surface area contributed by atoms with Gasteiger partial charge >= 0.3 is 0 Å². The first-order chi connectivity index (χ1) is 15.0. The van der Waals surface area contributed by atoms with E-state index in [9.17, 15) is 9.59 Å². The highest BCUT2D eigenvalue weighted by molar-refractivity contribution is 6.04. The first-order valence-electron chi connectivity index (χ1n) is 10.6. The first-order valence-corrected chi connectivity index (χ1v) is 10.6. The molecule has 0 unspecified atom stereocenters. The molecule has 1 N–H and O–H groups in total. The molecule has 1 aliphatic carbocycles. The summed E-state index contributed by atoms with van der Waals surface area (Å²) in [5.41, 5.74) is 3.39. The third-order valence-electron chi connectivity index (χ3n) is 6.62. The fraction of sp³-hybridized carbons (Fsp3) is 0.333. The third-order valence-corrected chi connectivity index (χ3v) is 6.62. The lowest BCUT2D eigenvalue weighted by molar-refractivity contribution is -0.125. The fourth-order valence-corrected chi connectivity index (χ4v) is 4.99. The Morgan fingerprint density at radius 2 is 2.03 bits per heavy atom. The Bertz CT molecular complexity index is 1170. The molecule has 0 atom stereocenters. The summed E-state index contributed by atoms with van der Waals surface area (Å²) < 4.78 is 2.15. The molecule has 1 saturated carbocycles. The van der Waals surface area contributed by atoms with Gasteiger partial charge in [0.2, 0.25) is 11.9 Å². The van der Waals surface area contributed by atoms with Crippen LogP contribution in [0, 0.1) is 12.3 Å². The van der Waals surface area contributed by atoms with E-state index < -0.39 is 0 Å². The van der Waals surface area contributed by atoms with E-state index in [1.807, 2.05) is 42.2 Å². The van der Waals surface area contributed by atoms with Gasteiger partial charge in [0.25, 0.3) is 5.91 Å². The van der Waals surface area contributed by atoms with Crippen LogP contribution in [0.15, 0.2) is 55.3 Å². The van der Waals surface area contributed by atoms with E-state index in [-0.39, 0.29) is 23.3 Å². The number of nitrogens with one attached hydrogen (secondary N) is 1. The van der Waals surface area contributed by atoms with E-state index >= 15 is 0 Å². The van der Waals surface area contributed by atoms with Gasteiger partial charge in [-0.1, -0.05) is 18.7 Å². The Kier molecular flexibility index (Phi) is 4.61. The largest absolute Gasteiger partial charge is 0.339 e. The summed E-state index contributed by atoms with van der Waals surface area (Å²) in [6.45, 7) is 7.06. The first kappa shape index (κ1) is 19.5. The number of likely N-dealkylation sites (tertiary alicyclic amines) is 1. The van der Waals surface area contributed by atoms with Gasteiger partial charge in [-0.3, -0.25) is 19.9 Å². The van der Waals surface area contributed by atoms with Gasteiger partial charge in [0.05, 0.1) is 16.6 Å². The van der Waals surface area contributed by atoms with Crippen molar-refractivity contribution in [1.29, 1.82) is 0 Å². The average molecular weight is 415 g/mol. The van der Waals surface area contributed by atoms with E-state index in [1.165, 1.54) is 6.08 Å². The molecule has 0 bridgehead atoms. The number of aromatic nitrogens is 3. The van der Waals surface area contributed by atoms with Crippen molar-refractivity contribution in [2.45, 2.75) is 32.2 Å². The highest BCUT2D eigenvalue weighted by Crippen LogP contribution is 2.55. The van der Waals surface area contributed by atoms with Crippen LogP contribution in [-0.4, -0.2) is 44.3 Å². The Morgan fingerprint density at radius 3 is 2.77 bits per heavy atom. The van der Waals surface area contributed by atoms with Crippen molar-refractivity contribution in [3.8, 4) is 0 Å². The molecule has 1 aromatic carbocycles. The van der Waals surface area contributed by atoms with Crippen molar-refractivity contribution in [2.24, 2.45) is 5.41 Å². The van der Waals surface area contributed by atoms with Gasteiger partial charge < -0.3 is 9.47 Å². The molecule has 2 amide bonds. The van der Waals surface area contributed by atoms with Crippen molar-refractivity contribution >= 4 is 28.8 Å². The van der Waals surface area contributed by atoms with Crippen LogP contribution in [0.5, 0.6) is 0 Å². The number of fused-ring (bicyclic) bond motifs is 1. The van der Waals surface area contributed by atoms with Gasteiger partial charge in [-0.2, -0.15) is 0 Å². The molecule has 3 heterocycles. The number of para-hydroxylation sites is 2.